The van der Waals surface area contributed by atoms with Gasteiger partial charge in [0.05, 0.1) is 30.2 Å². The molecule has 0 unspecified atom stereocenters. The normalized spacial score (nSPS) is 14.3. The Bertz CT molecular complexity index is 1010. The van der Waals surface area contributed by atoms with Crippen molar-refractivity contribution in [3.05, 3.63) is 48.3 Å². The molecule has 1 fully saturated rings. The number of anilines is 2. The van der Waals surface area contributed by atoms with E-state index in [1.807, 2.05) is 0 Å². The number of hydrogen-bond donors (Lipinski definition) is 1. The summed E-state index contributed by atoms with van der Waals surface area (Å²) in [5.41, 5.74) is -3.41. The SMILES string of the molecule is CC(C)OC(=O)Nc1cnccc1CN1CC(=O)N(c2ccc(SC(F)(F)F)cc2)C1=O. The first-order chi connectivity index (χ1) is 15.0. The maximum Gasteiger partial charge on any atom is 0.446 e. The van der Waals surface area contributed by atoms with Crippen molar-refractivity contribution in [2.75, 3.05) is 16.8 Å². The number of nitrogens with one attached hydrogen (secondary N) is 1. The van der Waals surface area contributed by atoms with Crippen LogP contribution >= 0.6 is 11.8 Å². The van der Waals surface area contributed by atoms with Gasteiger partial charge in [0.25, 0.3) is 5.91 Å². The van der Waals surface area contributed by atoms with Crippen molar-refractivity contribution < 1.29 is 32.3 Å². The minimum absolute atomic E-state index is 0.00287. The number of amides is 4. The van der Waals surface area contributed by atoms with E-state index in [4.69, 9.17) is 4.74 Å². The Labute approximate surface area is 185 Å². The first-order valence-electron chi connectivity index (χ1n) is 9.41. The molecule has 1 aromatic carbocycles. The molecule has 0 radical (unpaired) electrons. The van der Waals surface area contributed by atoms with Gasteiger partial charge in [0, 0.05) is 11.1 Å². The zero-order valence-electron chi connectivity index (χ0n) is 17.0. The smallest absolute Gasteiger partial charge is 0.446 e. The van der Waals surface area contributed by atoms with Crippen LogP contribution in [0.3, 0.4) is 0 Å². The van der Waals surface area contributed by atoms with Gasteiger partial charge in [0.2, 0.25) is 0 Å². The molecular formula is C20H19F3N4O4S. The summed E-state index contributed by atoms with van der Waals surface area (Å²) in [7, 11) is 0. The molecule has 1 aliphatic heterocycles. The highest BCUT2D eigenvalue weighted by Gasteiger charge is 2.37. The van der Waals surface area contributed by atoms with Crippen molar-refractivity contribution >= 4 is 41.2 Å². The molecule has 1 N–H and O–H groups in total. The number of urea groups is 1. The van der Waals surface area contributed by atoms with Gasteiger partial charge in [-0.15, -0.1) is 0 Å². The number of carbonyl (C=O) groups excluding carboxylic acids is 3. The van der Waals surface area contributed by atoms with Gasteiger partial charge < -0.3 is 9.64 Å². The molecule has 2 aromatic rings. The molecule has 8 nitrogen and oxygen atoms in total. The number of aromatic nitrogens is 1. The number of nitrogens with zero attached hydrogens (tertiary/aromatic N) is 3. The van der Waals surface area contributed by atoms with Crippen molar-refractivity contribution in [2.24, 2.45) is 0 Å². The Hall–Kier alpha value is -3.28. The van der Waals surface area contributed by atoms with Crippen LogP contribution < -0.4 is 10.2 Å². The van der Waals surface area contributed by atoms with Gasteiger partial charge in [0.1, 0.15) is 6.54 Å². The number of benzene rings is 1. The molecule has 1 saturated heterocycles. The molecule has 0 atom stereocenters. The second-order valence-electron chi connectivity index (χ2n) is 7.02. The topological polar surface area (TPSA) is 91.8 Å². The highest BCUT2D eigenvalue weighted by atomic mass is 32.2. The molecule has 4 amide bonds. The maximum atomic E-state index is 12.8. The second kappa shape index (κ2) is 9.47. The predicted molar refractivity (Wildman–Crippen MR) is 111 cm³/mol. The number of halogens is 3. The van der Waals surface area contributed by atoms with Crippen molar-refractivity contribution in [2.45, 2.75) is 36.9 Å². The summed E-state index contributed by atoms with van der Waals surface area (Å²) in [4.78, 5) is 43.3. The van der Waals surface area contributed by atoms with Crippen molar-refractivity contribution in [1.82, 2.24) is 9.88 Å². The van der Waals surface area contributed by atoms with Crippen molar-refractivity contribution in [1.29, 1.82) is 0 Å². The molecule has 32 heavy (non-hydrogen) atoms. The number of ether oxygens (including phenoxy) is 1. The van der Waals surface area contributed by atoms with Crippen molar-refractivity contribution in [3.8, 4) is 0 Å². The summed E-state index contributed by atoms with van der Waals surface area (Å²) in [6, 6.07) is 5.93. The lowest BCUT2D eigenvalue weighted by molar-refractivity contribution is -0.116. The van der Waals surface area contributed by atoms with E-state index in [9.17, 15) is 27.6 Å². The number of imide groups is 1. The third-order valence-electron chi connectivity index (χ3n) is 4.22. The minimum atomic E-state index is -4.44. The van der Waals surface area contributed by atoms with Crippen LogP contribution in [-0.4, -0.2) is 46.1 Å². The van der Waals surface area contributed by atoms with Gasteiger partial charge in [-0.2, -0.15) is 13.2 Å². The monoisotopic (exact) mass is 468 g/mol. The lowest BCUT2D eigenvalue weighted by Crippen LogP contribution is -2.33. The maximum absolute atomic E-state index is 12.8. The van der Waals surface area contributed by atoms with E-state index in [0.717, 1.165) is 4.90 Å². The van der Waals surface area contributed by atoms with Crippen LogP contribution in [-0.2, 0) is 16.1 Å². The molecule has 12 heteroatoms. The van der Waals surface area contributed by atoms with E-state index in [0.29, 0.717) is 11.3 Å². The first kappa shape index (κ1) is 23.4. The Morgan fingerprint density at radius 2 is 1.91 bits per heavy atom. The van der Waals surface area contributed by atoms with Crippen LogP contribution in [0.1, 0.15) is 19.4 Å². The highest BCUT2D eigenvalue weighted by Crippen LogP contribution is 2.37. The number of hydrogen-bond acceptors (Lipinski definition) is 6. The molecule has 0 aliphatic carbocycles. The lowest BCUT2D eigenvalue weighted by Gasteiger charge is -2.19. The average molecular weight is 468 g/mol. The standard InChI is InChI=1S/C20H19F3N4O4S/c1-12(2)31-18(29)25-16-9-24-8-7-13(16)10-26-11-17(28)27(19(26)30)14-3-5-15(6-4-14)32-20(21,22)23/h3-9,12H,10-11H2,1-2H3,(H,25,29). The van der Waals surface area contributed by atoms with Gasteiger partial charge in [-0.25, -0.2) is 14.5 Å². The summed E-state index contributed by atoms with van der Waals surface area (Å²) in [6.07, 6.45) is 1.86. The second-order valence-corrected chi connectivity index (χ2v) is 8.16. The average Bonchev–Trinajstić information content (AvgIpc) is 2.95. The van der Waals surface area contributed by atoms with E-state index >= 15 is 0 Å². The summed E-state index contributed by atoms with van der Waals surface area (Å²) < 4.78 is 42.5. The molecule has 0 spiro atoms. The van der Waals surface area contributed by atoms with Gasteiger partial charge in [-0.1, -0.05) is 0 Å². The Balaban J connectivity index is 1.73. The molecule has 170 valence electrons. The number of thioether (sulfide) groups is 1. The van der Waals surface area contributed by atoms with E-state index in [1.54, 1.807) is 19.9 Å². The third kappa shape index (κ3) is 5.90. The van der Waals surface area contributed by atoms with Crippen LogP contribution in [0.15, 0.2) is 47.6 Å². The molecular weight excluding hydrogens is 449 g/mol. The first-order valence-corrected chi connectivity index (χ1v) is 10.2. The number of alkyl halides is 3. The van der Waals surface area contributed by atoms with E-state index in [-0.39, 0.29) is 41.5 Å². The van der Waals surface area contributed by atoms with E-state index in [1.165, 1.54) is 41.6 Å². The van der Waals surface area contributed by atoms with Crippen molar-refractivity contribution in [3.63, 3.8) is 0 Å². The van der Waals surface area contributed by atoms with Crippen LogP contribution in [0.4, 0.5) is 34.1 Å². The van der Waals surface area contributed by atoms with Gasteiger partial charge in [0.15, 0.2) is 0 Å². The van der Waals surface area contributed by atoms with E-state index < -0.39 is 23.5 Å². The van der Waals surface area contributed by atoms with Gasteiger partial charge >= 0.3 is 17.6 Å². The minimum Gasteiger partial charge on any atom is -0.447 e. The Kier molecular flexibility index (Phi) is 6.92. The number of pyridine rings is 1. The summed E-state index contributed by atoms with van der Waals surface area (Å²) >= 11 is -0.284. The largest absolute Gasteiger partial charge is 0.447 e. The number of rotatable bonds is 6. The summed E-state index contributed by atoms with van der Waals surface area (Å²) in [5, 5.41) is 2.56. The molecule has 0 saturated carbocycles. The van der Waals surface area contributed by atoms with Gasteiger partial charge in [-0.05, 0) is 61.5 Å². The molecule has 3 rings (SSSR count). The van der Waals surface area contributed by atoms with Gasteiger partial charge in [-0.3, -0.25) is 15.1 Å². The van der Waals surface area contributed by atoms with E-state index in [2.05, 4.69) is 10.3 Å². The molecule has 1 aromatic heterocycles. The molecule has 2 heterocycles. The van der Waals surface area contributed by atoms with Crippen LogP contribution in [0.2, 0.25) is 0 Å². The Morgan fingerprint density at radius 1 is 1.22 bits per heavy atom. The fourth-order valence-corrected chi connectivity index (χ4v) is 3.50. The van der Waals surface area contributed by atoms with Crippen LogP contribution in [0.25, 0.3) is 0 Å². The zero-order chi connectivity index (χ0) is 23.5. The Morgan fingerprint density at radius 3 is 2.53 bits per heavy atom. The highest BCUT2D eigenvalue weighted by molar-refractivity contribution is 8.00. The number of carbonyl (C=O) groups is 3. The third-order valence-corrected chi connectivity index (χ3v) is 4.96. The predicted octanol–water partition coefficient (Wildman–Crippen LogP) is 4.62. The lowest BCUT2D eigenvalue weighted by atomic mass is 10.2. The fourth-order valence-electron chi connectivity index (χ4n) is 2.96. The van der Waals surface area contributed by atoms with Crippen LogP contribution in [0, 0.1) is 0 Å². The fraction of sp³-hybridized carbons (Fsp3) is 0.300. The summed E-state index contributed by atoms with van der Waals surface area (Å²) in [6.45, 7) is 3.17. The van der Waals surface area contributed by atoms with Crippen LogP contribution in [0.5, 0.6) is 0 Å². The summed E-state index contributed by atoms with van der Waals surface area (Å²) in [5.74, 6) is -0.519. The molecule has 0 bridgehead atoms. The molecule has 1 aliphatic rings. The quantitative estimate of drug-likeness (QED) is 0.491. The zero-order valence-corrected chi connectivity index (χ0v) is 17.9.